The summed E-state index contributed by atoms with van der Waals surface area (Å²) in [5.41, 5.74) is -0.167. The van der Waals surface area contributed by atoms with Crippen LogP contribution in [0.2, 0.25) is 5.02 Å². The van der Waals surface area contributed by atoms with Gasteiger partial charge in [0.15, 0.2) is 5.75 Å². The lowest BCUT2D eigenvalue weighted by Crippen LogP contribution is -2.20. The Labute approximate surface area is 150 Å². The summed E-state index contributed by atoms with van der Waals surface area (Å²) in [6.07, 6.45) is 0. The van der Waals surface area contributed by atoms with E-state index in [0.717, 1.165) is 18.2 Å². The van der Waals surface area contributed by atoms with E-state index in [0.29, 0.717) is 6.61 Å². The number of sulfonamides is 1. The third-order valence-corrected chi connectivity index (χ3v) is 4.97. The number of amides is 1. The van der Waals surface area contributed by atoms with Gasteiger partial charge in [-0.3, -0.25) is 4.79 Å². The summed E-state index contributed by atoms with van der Waals surface area (Å²) in [4.78, 5) is 12.2. The Morgan fingerprint density at radius 2 is 2.00 bits per heavy atom. The van der Waals surface area contributed by atoms with E-state index in [1.807, 2.05) is 0 Å². The molecule has 0 radical (unpaired) electrons. The number of rotatable bonds is 6. The zero-order valence-electron chi connectivity index (χ0n) is 13.5. The molecule has 0 aromatic heterocycles. The van der Waals surface area contributed by atoms with Crippen LogP contribution in [0.25, 0.3) is 0 Å². The number of carbonyl (C=O) groups is 1. The summed E-state index contributed by atoms with van der Waals surface area (Å²) in [7, 11) is -2.59. The molecular formula is C16H16ClFN2O4S. The average molecular weight is 387 g/mol. The van der Waals surface area contributed by atoms with Gasteiger partial charge < -0.3 is 10.1 Å². The first kappa shape index (κ1) is 19.2. The molecule has 25 heavy (non-hydrogen) atoms. The van der Waals surface area contributed by atoms with Crippen molar-refractivity contribution in [2.45, 2.75) is 11.8 Å². The first-order valence-electron chi connectivity index (χ1n) is 7.26. The van der Waals surface area contributed by atoms with Crippen LogP contribution in [0.15, 0.2) is 41.3 Å². The molecule has 0 fully saturated rings. The van der Waals surface area contributed by atoms with Crippen molar-refractivity contribution in [1.82, 2.24) is 4.72 Å². The van der Waals surface area contributed by atoms with E-state index in [2.05, 4.69) is 10.0 Å². The average Bonchev–Trinajstić information content (AvgIpc) is 2.58. The van der Waals surface area contributed by atoms with Gasteiger partial charge in [-0.25, -0.2) is 17.5 Å². The van der Waals surface area contributed by atoms with Gasteiger partial charge in [0.2, 0.25) is 10.0 Å². The molecule has 2 N–H and O–H groups in total. The molecule has 0 aliphatic heterocycles. The minimum absolute atomic E-state index is 0.224. The van der Waals surface area contributed by atoms with Crippen LogP contribution in [-0.2, 0) is 10.0 Å². The minimum Gasteiger partial charge on any atom is -0.490 e. The van der Waals surface area contributed by atoms with Gasteiger partial charge in [-0.05, 0) is 44.3 Å². The molecule has 0 saturated heterocycles. The summed E-state index contributed by atoms with van der Waals surface area (Å²) in [6.45, 7) is 2.07. The fourth-order valence-corrected chi connectivity index (χ4v) is 3.04. The quantitative estimate of drug-likeness (QED) is 0.799. The first-order valence-corrected chi connectivity index (χ1v) is 9.12. The van der Waals surface area contributed by atoms with E-state index in [9.17, 15) is 17.6 Å². The van der Waals surface area contributed by atoms with Gasteiger partial charge in [-0.15, -0.1) is 0 Å². The molecule has 0 aliphatic carbocycles. The molecule has 0 spiro atoms. The van der Waals surface area contributed by atoms with Crippen LogP contribution in [0.4, 0.5) is 10.1 Å². The standard InChI is InChI=1S/C16H16ClFN2O4S/c1-3-24-15-12(17)5-4-6-14(15)20-16(21)11-9-10(7-8-13(11)18)25(22,23)19-2/h4-9,19H,3H2,1-2H3,(H,20,21). The zero-order valence-corrected chi connectivity index (χ0v) is 15.0. The van der Waals surface area contributed by atoms with Crippen LogP contribution in [-0.4, -0.2) is 28.0 Å². The maximum Gasteiger partial charge on any atom is 0.258 e. The number of hydrogen-bond donors (Lipinski definition) is 2. The fourth-order valence-electron chi connectivity index (χ4n) is 2.05. The Kier molecular flexibility index (Phi) is 5.99. The molecule has 6 nitrogen and oxygen atoms in total. The van der Waals surface area contributed by atoms with Crippen molar-refractivity contribution < 1.29 is 22.3 Å². The van der Waals surface area contributed by atoms with Crippen molar-refractivity contribution in [2.24, 2.45) is 0 Å². The zero-order chi connectivity index (χ0) is 18.6. The van der Waals surface area contributed by atoms with Crippen molar-refractivity contribution >= 4 is 33.2 Å². The highest BCUT2D eigenvalue weighted by Crippen LogP contribution is 2.33. The molecule has 2 aromatic carbocycles. The molecule has 0 unspecified atom stereocenters. The van der Waals surface area contributed by atoms with Gasteiger partial charge in [0, 0.05) is 0 Å². The lowest BCUT2D eigenvalue weighted by molar-refractivity contribution is 0.102. The second-order valence-electron chi connectivity index (χ2n) is 4.85. The van der Waals surface area contributed by atoms with Crippen LogP contribution in [0.5, 0.6) is 5.75 Å². The predicted molar refractivity (Wildman–Crippen MR) is 93.2 cm³/mol. The second kappa shape index (κ2) is 7.81. The SMILES string of the molecule is CCOc1c(Cl)cccc1NC(=O)c1cc(S(=O)(=O)NC)ccc1F. The van der Waals surface area contributed by atoms with Crippen LogP contribution in [0.1, 0.15) is 17.3 Å². The molecule has 0 atom stereocenters. The maximum atomic E-state index is 14.0. The van der Waals surface area contributed by atoms with Gasteiger partial charge in [-0.1, -0.05) is 17.7 Å². The van der Waals surface area contributed by atoms with E-state index in [4.69, 9.17) is 16.3 Å². The molecule has 0 aliphatic rings. The molecule has 2 aromatic rings. The summed E-state index contributed by atoms with van der Waals surface area (Å²) in [5, 5.41) is 2.77. The summed E-state index contributed by atoms with van der Waals surface area (Å²) < 4.78 is 45.2. The van der Waals surface area contributed by atoms with Crippen molar-refractivity contribution in [3.8, 4) is 5.75 Å². The Bertz CT molecular complexity index is 903. The van der Waals surface area contributed by atoms with E-state index < -0.39 is 27.3 Å². The van der Waals surface area contributed by atoms with Crippen LogP contribution >= 0.6 is 11.6 Å². The number of nitrogens with one attached hydrogen (secondary N) is 2. The minimum atomic E-state index is -3.81. The van der Waals surface area contributed by atoms with Crippen molar-refractivity contribution in [1.29, 1.82) is 0 Å². The van der Waals surface area contributed by atoms with Crippen molar-refractivity contribution in [2.75, 3.05) is 19.0 Å². The maximum absolute atomic E-state index is 14.0. The van der Waals surface area contributed by atoms with E-state index in [1.54, 1.807) is 25.1 Å². The monoisotopic (exact) mass is 386 g/mol. The summed E-state index contributed by atoms with van der Waals surface area (Å²) >= 11 is 6.03. The number of anilines is 1. The summed E-state index contributed by atoms with van der Waals surface area (Å²) in [6, 6.07) is 7.67. The van der Waals surface area contributed by atoms with E-state index in [1.165, 1.54) is 7.05 Å². The largest absolute Gasteiger partial charge is 0.490 e. The van der Waals surface area contributed by atoms with Crippen LogP contribution in [0, 0.1) is 5.82 Å². The van der Waals surface area contributed by atoms with E-state index >= 15 is 0 Å². The highest BCUT2D eigenvalue weighted by Gasteiger charge is 2.20. The summed E-state index contributed by atoms with van der Waals surface area (Å²) in [5.74, 6) is -1.43. The molecule has 0 bridgehead atoms. The van der Waals surface area contributed by atoms with Gasteiger partial charge >= 0.3 is 0 Å². The molecule has 2 rings (SSSR count). The highest BCUT2D eigenvalue weighted by atomic mass is 35.5. The molecule has 134 valence electrons. The van der Waals surface area contributed by atoms with Gasteiger partial charge in [-0.2, -0.15) is 0 Å². The number of benzene rings is 2. The van der Waals surface area contributed by atoms with Gasteiger partial charge in [0.1, 0.15) is 5.82 Å². The lowest BCUT2D eigenvalue weighted by atomic mass is 10.2. The highest BCUT2D eigenvalue weighted by molar-refractivity contribution is 7.89. The number of para-hydroxylation sites is 1. The number of carbonyl (C=O) groups excluding carboxylic acids is 1. The number of ether oxygens (including phenoxy) is 1. The Morgan fingerprint density at radius 3 is 2.64 bits per heavy atom. The molecule has 1 amide bonds. The lowest BCUT2D eigenvalue weighted by Gasteiger charge is -2.13. The van der Waals surface area contributed by atoms with E-state index in [-0.39, 0.29) is 21.4 Å². The van der Waals surface area contributed by atoms with Crippen LogP contribution in [0.3, 0.4) is 0 Å². The Morgan fingerprint density at radius 1 is 1.28 bits per heavy atom. The van der Waals surface area contributed by atoms with Crippen molar-refractivity contribution in [3.05, 3.63) is 52.8 Å². The second-order valence-corrected chi connectivity index (χ2v) is 7.15. The van der Waals surface area contributed by atoms with Crippen molar-refractivity contribution in [3.63, 3.8) is 0 Å². The molecule has 0 saturated carbocycles. The first-order chi connectivity index (χ1) is 11.8. The molecule has 9 heteroatoms. The molecule has 0 heterocycles. The molecular weight excluding hydrogens is 371 g/mol. The third-order valence-electron chi connectivity index (χ3n) is 3.27. The third kappa shape index (κ3) is 4.28. The number of hydrogen-bond acceptors (Lipinski definition) is 4. The van der Waals surface area contributed by atoms with Gasteiger partial charge in [0.05, 0.1) is 27.8 Å². The topological polar surface area (TPSA) is 84.5 Å². The normalized spacial score (nSPS) is 11.2. The smallest absolute Gasteiger partial charge is 0.258 e. The fraction of sp³-hybridized carbons (Fsp3) is 0.188. The van der Waals surface area contributed by atoms with Crippen LogP contribution < -0.4 is 14.8 Å². The predicted octanol–water partition coefficient (Wildman–Crippen LogP) is 3.04. The Balaban J connectivity index is 2.40. The van der Waals surface area contributed by atoms with Gasteiger partial charge in [0.25, 0.3) is 5.91 Å². The number of halogens is 2. The Hall–Kier alpha value is -2.16.